The summed E-state index contributed by atoms with van der Waals surface area (Å²) in [4.78, 5) is 17.0. The van der Waals surface area contributed by atoms with Crippen molar-refractivity contribution >= 4 is 23.4 Å². The fourth-order valence-corrected chi connectivity index (χ4v) is 3.23. The van der Waals surface area contributed by atoms with Crippen molar-refractivity contribution in [3.05, 3.63) is 69.4 Å². The smallest absolute Gasteiger partial charge is 0.338 e. The van der Waals surface area contributed by atoms with Gasteiger partial charge in [-0.05, 0) is 37.0 Å². The first-order valence-electron chi connectivity index (χ1n) is 8.72. The third-order valence-electron chi connectivity index (χ3n) is 3.74. The number of aliphatic hydroxyl groups excluding tert-OH is 1. The molecular weight excluding hydrogens is 374 g/mol. The Kier molecular flexibility index (Phi) is 7.93. The van der Waals surface area contributed by atoms with Gasteiger partial charge in [-0.25, -0.2) is 4.79 Å². The quantitative estimate of drug-likeness (QED) is 0.504. The van der Waals surface area contributed by atoms with Crippen molar-refractivity contribution in [2.75, 3.05) is 19.8 Å². The number of ether oxygens (including phenoxy) is 1. The molecule has 28 heavy (non-hydrogen) atoms. The van der Waals surface area contributed by atoms with Crippen molar-refractivity contribution in [1.82, 2.24) is 5.32 Å². The van der Waals surface area contributed by atoms with Crippen LogP contribution in [-0.2, 0) is 4.74 Å². The van der Waals surface area contributed by atoms with E-state index in [1.54, 1.807) is 19.1 Å². The standard InChI is InChI=1S/C21H23N3O3S/c1-4-23-18-17(13-28-19(18)20(22)24-10-11-25)9-8-15-12-16(7-6-14(15)3)21(26)27-5-2/h4,6-7,12-13,24-25H,1,5,10-11,22H2,2-3H3/b20-19-,23-18-. The molecule has 0 saturated carbocycles. The molecule has 0 fully saturated rings. The molecule has 146 valence electrons. The molecule has 2 rings (SSSR count). The average molecular weight is 398 g/mol. The Hall–Kier alpha value is -2.95. The Morgan fingerprint density at radius 2 is 2.25 bits per heavy atom. The molecule has 1 aromatic rings. The van der Waals surface area contributed by atoms with Crippen molar-refractivity contribution in [3.63, 3.8) is 0 Å². The SMILES string of the molecule is C=C/N=C1/C(C#Cc2cc(C(=O)OCC)ccc2C)=CS/C1=C(/N)NCCO. The first-order valence-corrected chi connectivity index (χ1v) is 9.60. The fourth-order valence-electron chi connectivity index (χ4n) is 2.35. The molecule has 4 N–H and O–H groups in total. The maximum atomic E-state index is 12.0. The number of carbonyl (C=O) groups is 1. The Morgan fingerprint density at radius 3 is 2.93 bits per heavy atom. The van der Waals surface area contributed by atoms with Crippen LogP contribution in [0.4, 0.5) is 0 Å². The number of rotatable bonds is 6. The van der Waals surface area contributed by atoms with Crippen molar-refractivity contribution in [2.24, 2.45) is 10.7 Å². The molecule has 1 aromatic carbocycles. The second kappa shape index (κ2) is 10.4. The summed E-state index contributed by atoms with van der Waals surface area (Å²) in [7, 11) is 0. The fraction of sp³-hybridized carbons (Fsp3) is 0.238. The highest BCUT2D eigenvalue weighted by Crippen LogP contribution is 2.32. The number of nitrogens with one attached hydrogen (secondary N) is 1. The monoisotopic (exact) mass is 397 g/mol. The minimum absolute atomic E-state index is 0.0250. The van der Waals surface area contributed by atoms with Gasteiger partial charge in [0, 0.05) is 18.3 Å². The van der Waals surface area contributed by atoms with Gasteiger partial charge >= 0.3 is 5.97 Å². The number of aliphatic imine (C=N–C) groups is 1. The lowest BCUT2D eigenvalue weighted by atomic mass is 10.0. The second-order valence-electron chi connectivity index (χ2n) is 5.70. The molecule has 0 unspecified atom stereocenters. The highest BCUT2D eigenvalue weighted by molar-refractivity contribution is 8.07. The number of hydrogen-bond acceptors (Lipinski definition) is 7. The van der Waals surface area contributed by atoms with E-state index in [0.29, 0.717) is 35.8 Å². The third kappa shape index (κ3) is 5.28. The number of thioether (sulfide) groups is 1. The molecule has 0 radical (unpaired) electrons. The van der Waals surface area contributed by atoms with Crippen LogP contribution >= 0.6 is 11.8 Å². The summed E-state index contributed by atoms with van der Waals surface area (Å²) in [5, 5.41) is 13.7. The Bertz CT molecular complexity index is 921. The summed E-state index contributed by atoms with van der Waals surface area (Å²) < 4.78 is 5.05. The highest BCUT2D eigenvalue weighted by Gasteiger charge is 2.21. The third-order valence-corrected chi connectivity index (χ3v) is 4.74. The highest BCUT2D eigenvalue weighted by atomic mass is 32.2. The van der Waals surface area contributed by atoms with E-state index in [9.17, 15) is 4.79 Å². The first kappa shape index (κ1) is 21.4. The van der Waals surface area contributed by atoms with Crippen molar-refractivity contribution in [1.29, 1.82) is 0 Å². The maximum Gasteiger partial charge on any atom is 0.338 e. The van der Waals surface area contributed by atoms with Crippen LogP contribution in [0.25, 0.3) is 0 Å². The Labute approximate surface area is 169 Å². The van der Waals surface area contributed by atoms with E-state index in [0.717, 1.165) is 16.0 Å². The number of nitrogens with zero attached hydrogens (tertiary/aromatic N) is 1. The zero-order chi connectivity index (χ0) is 20.5. The molecule has 0 atom stereocenters. The molecule has 0 saturated heterocycles. The number of nitrogens with two attached hydrogens (primary N) is 1. The van der Waals surface area contributed by atoms with E-state index in [-0.39, 0.29) is 12.6 Å². The van der Waals surface area contributed by atoms with E-state index >= 15 is 0 Å². The lowest BCUT2D eigenvalue weighted by molar-refractivity contribution is 0.0526. The number of esters is 1. The number of aliphatic hydroxyl groups is 1. The Morgan fingerprint density at radius 1 is 1.46 bits per heavy atom. The predicted octanol–water partition coefficient (Wildman–Crippen LogP) is 2.45. The molecule has 1 aliphatic rings. The minimum atomic E-state index is -0.372. The molecule has 1 heterocycles. The van der Waals surface area contributed by atoms with Crippen LogP contribution in [0.5, 0.6) is 0 Å². The summed E-state index contributed by atoms with van der Waals surface area (Å²) in [6, 6.07) is 5.29. The molecular formula is C21H23N3O3S. The topological polar surface area (TPSA) is 96.9 Å². The van der Waals surface area contributed by atoms with Crippen LogP contribution in [0.15, 0.2) is 57.7 Å². The normalized spacial score (nSPS) is 16.1. The molecule has 0 amide bonds. The molecule has 1 aliphatic heterocycles. The minimum Gasteiger partial charge on any atom is -0.462 e. The van der Waals surface area contributed by atoms with Gasteiger partial charge in [0.2, 0.25) is 0 Å². The van der Waals surface area contributed by atoms with Gasteiger partial charge in [0.05, 0.1) is 35.0 Å². The van der Waals surface area contributed by atoms with Crippen LogP contribution in [0.1, 0.15) is 28.4 Å². The van der Waals surface area contributed by atoms with Crippen LogP contribution in [0, 0.1) is 18.8 Å². The second-order valence-corrected chi connectivity index (χ2v) is 6.58. The van der Waals surface area contributed by atoms with Crippen molar-refractivity contribution in [2.45, 2.75) is 13.8 Å². The van der Waals surface area contributed by atoms with Gasteiger partial charge in [-0.3, -0.25) is 4.99 Å². The summed E-state index contributed by atoms with van der Waals surface area (Å²) in [6.07, 6.45) is 1.43. The van der Waals surface area contributed by atoms with E-state index in [1.165, 1.54) is 18.0 Å². The van der Waals surface area contributed by atoms with Gasteiger partial charge in [-0.2, -0.15) is 0 Å². The molecule has 0 spiro atoms. The molecule has 0 aliphatic carbocycles. The van der Waals surface area contributed by atoms with Crippen LogP contribution in [-0.4, -0.2) is 36.5 Å². The summed E-state index contributed by atoms with van der Waals surface area (Å²) in [5.74, 6) is 6.26. The number of aryl methyl sites for hydroxylation is 1. The van der Waals surface area contributed by atoms with Crippen LogP contribution < -0.4 is 11.1 Å². The molecule has 6 nitrogen and oxygen atoms in total. The zero-order valence-electron chi connectivity index (χ0n) is 15.9. The maximum absolute atomic E-state index is 12.0. The number of carbonyl (C=O) groups excluding carboxylic acids is 1. The van der Waals surface area contributed by atoms with Crippen LogP contribution in [0.3, 0.4) is 0 Å². The lowest BCUT2D eigenvalue weighted by Gasteiger charge is -2.08. The van der Waals surface area contributed by atoms with Gasteiger partial charge in [0.15, 0.2) is 0 Å². The molecule has 7 heteroatoms. The summed E-state index contributed by atoms with van der Waals surface area (Å²) >= 11 is 1.40. The first-order chi connectivity index (χ1) is 13.5. The van der Waals surface area contributed by atoms with Crippen molar-refractivity contribution < 1.29 is 14.6 Å². The van der Waals surface area contributed by atoms with Gasteiger partial charge in [-0.15, -0.1) is 0 Å². The number of hydrogen-bond donors (Lipinski definition) is 3. The van der Waals surface area contributed by atoms with E-state index in [2.05, 4.69) is 28.7 Å². The van der Waals surface area contributed by atoms with E-state index in [4.69, 9.17) is 15.6 Å². The summed E-state index contributed by atoms with van der Waals surface area (Å²) in [6.45, 7) is 7.98. The number of benzene rings is 1. The van der Waals surface area contributed by atoms with Gasteiger partial charge in [-0.1, -0.05) is 36.2 Å². The van der Waals surface area contributed by atoms with Gasteiger partial charge < -0.3 is 20.9 Å². The van der Waals surface area contributed by atoms with Crippen molar-refractivity contribution in [3.8, 4) is 11.8 Å². The predicted molar refractivity (Wildman–Crippen MR) is 114 cm³/mol. The number of allylic oxidation sites excluding steroid dienone is 2. The van der Waals surface area contributed by atoms with Gasteiger partial charge in [0.25, 0.3) is 0 Å². The largest absolute Gasteiger partial charge is 0.462 e. The van der Waals surface area contributed by atoms with E-state index in [1.807, 2.05) is 18.4 Å². The molecule has 0 bridgehead atoms. The molecule has 0 aromatic heterocycles. The average Bonchev–Trinajstić information content (AvgIpc) is 3.08. The van der Waals surface area contributed by atoms with E-state index < -0.39 is 0 Å². The van der Waals surface area contributed by atoms with Gasteiger partial charge in [0.1, 0.15) is 5.82 Å². The summed E-state index contributed by atoms with van der Waals surface area (Å²) in [5.41, 5.74) is 9.52. The lowest BCUT2D eigenvalue weighted by Crippen LogP contribution is -2.25. The van der Waals surface area contributed by atoms with Crippen LogP contribution in [0.2, 0.25) is 0 Å². The zero-order valence-corrected chi connectivity index (χ0v) is 16.7. The Balaban J connectivity index is 2.33.